The number of allylic oxidation sites excluding steroid dienone is 6. The van der Waals surface area contributed by atoms with Crippen molar-refractivity contribution in [2.45, 2.75) is 38.0 Å². The molecule has 4 atom stereocenters. The van der Waals surface area contributed by atoms with E-state index in [9.17, 15) is 50.6 Å². The van der Waals surface area contributed by atoms with E-state index in [1.54, 1.807) is 24.3 Å². The van der Waals surface area contributed by atoms with E-state index in [1.165, 1.54) is 13.0 Å². The van der Waals surface area contributed by atoms with Gasteiger partial charge in [-0.2, -0.15) is 26.3 Å². The lowest BCUT2D eigenvalue weighted by Crippen LogP contribution is -2.39. The van der Waals surface area contributed by atoms with Gasteiger partial charge in [-0.05, 0) is 56.0 Å². The Labute approximate surface area is 240 Å². The van der Waals surface area contributed by atoms with Crippen molar-refractivity contribution in [1.29, 1.82) is 0 Å². The number of amides is 2. The fourth-order valence-electron chi connectivity index (χ4n) is 6.77. The third kappa shape index (κ3) is 4.42. The summed E-state index contributed by atoms with van der Waals surface area (Å²) in [5.74, 6) is -7.26. The van der Waals surface area contributed by atoms with E-state index in [0.29, 0.717) is 22.6 Å². The molecule has 43 heavy (non-hydrogen) atoms. The van der Waals surface area contributed by atoms with Gasteiger partial charge in [0.2, 0.25) is 11.8 Å². The number of hydrogen-bond donors (Lipinski definition) is 1. The van der Waals surface area contributed by atoms with Gasteiger partial charge >= 0.3 is 12.4 Å². The van der Waals surface area contributed by atoms with Crippen molar-refractivity contribution in [3.63, 3.8) is 0 Å². The zero-order valence-electron chi connectivity index (χ0n) is 22.2. The quantitative estimate of drug-likeness (QED) is 0.196. The van der Waals surface area contributed by atoms with Crippen LogP contribution in [0.3, 0.4) is 0 Å². The molecule has 0 aromatic heterocycles. The normalized spacial score (nSPS) is 25.8. The Morgan fingerprint density at radius 3 is 2.09 bits per heavy atom. The molecule has 0 radical (unpaired) electrons. The summed E-state index contributed by atoms with van der Waals surface area (Å²) < 4.78 is 81.4. The predicted octanol–water partition coefficient (Wildman–Crippen LogP) is 6.06. The van der Waals surface area contributed by atoms with Gasteiger partial charge < -0.3 is 5.11 Å². The summed E-state index contributed by atoms with van der Waals surface area (Å²) >= 11 is 0. The number of phenolic OH excluding ortho intramolecular Hbond substituents is 1. The summed E-state index contributed by atoms with van der Waals surface area (Å²) in [5.41, 5.74) is -3.05. The largest absolute Gasteiger partial charge is 0.508 e. The lowest BCUT2D eigenvalue weighted by Gasteiger charge is -2.42. The van der Waals surface area contributed by atoms with E-state index < -0.39 is 76.2 Å². The molecule has 222 valence electrons. The molecule has 2 amide bonds. The highest BCUT2D eigenvalue weighted by molar-refractivity contribution is 6.25. The van der Waals surface area contributed by atoms with Crippen LogP contribution in [0.1, 0.15) is 42.4 Å². The van der Waals surface area contributed by atoms with Crippen LogP contribution in [0.2, 0.25) is 0 Å². The van der Waals surface area contributed by atoms with Crippen molar-refractivity contribution in [2.75, 3.05) is 4.90 Å². The van der Waals surface area contributed by atoms with Crippen LogP contribution in [-0.2, 0) is 31.5 Å². The number of benzene rings is 2. The SMILES string of the molecule is CC1=CC(=O)C2=C(C1=O)[C@@H](c1ccccc1O)C1=CC[C@@H]3C(=O)N(c4cc(C(F)(F)F)cc(C(F)(F)F)c4)C(=O)[C@@H]3[C@@H]1C2. The minimum atomic E-state index is -5.19. The van der Waals surface area contributed by atoms with Crippen LogP contribution >= 0.6 is 0 Å². The van der Waals surface area contributed by atoms with Crippen LogP contribution in [0.15, 0.2) is 76.9 Å². The van der Waals surface area contributed by atoms with Gasteiger partial charge in [0.05, 0.1) is 28.7 Å². The Kier molecular flexibility index (Phi) is 6.34. The van der Waals surface area contributed by atoms with Crippen LogP contribution < -0.4 is 4.90 Å². The predicted molar refractivity (Wildman–Crippen MR) is 138 cm³/mol. The Bertz CT molecular complexity index is 1700. The highest BCUT2D eigenvalue weighted by atomic mass is 19.4. The third-order valence-electron chi connectivity index (χ3n) is 8.64. The van der Waals surface area contributed by atoms with E-state index >= 15 is 0 Å². The van der Waals surface area contributed by atoms with Gasteiger partial charge in [-0.25, -0.2) is 4.90 Å². The molecule has 0 saturated carbocycles. The molecule has 1 aliphatic heterocycles. The first-order valence-electron chi connectivity index (χ1n) is 13.2. The van der Waals surface area contributed by atoms with Gasteiger partial charge in [-0.3, -0.25) is 19.2 Å². The number of anilines is 1. The average Bonchev–Trinajstić information content (AvgIpc) is 3.19. The number of halogens is 6. The average molecular weight is 601 g/mol. The Morgan fingerprint density at radius 2 is 1.49 bits per heavy atom. The van der Waals surface area contributed by atoms with Gasteiger partial charge in [-0.15, -0.1) is 0 Å². The molecule has 2 aromatic carbocycles. The number of ketones is 2. The second-order valence-electron chi connectivity index (χ2n) is 11.1. The van der Waals surface area contributed by atoms with Gasteiger partial charge in [0.1, 0.15) is 5.75 Å². The molecule has 3 aliphatic carbocycles. The number of aromatic hydroxyl groups is 1. The lowest BCUT2D eigenvalue weighted by molar-refractivity contribution is -0.143. The Hall–Kier alpha value is -4.48. The molecular formula is C31H21F6NO5. The van der Waals surface area contributed by atoms with Gasteiger partial charge in [0.25, 0.3) is 0 Å². The maximum Gasteiger partial charge on any atom is 0.416 e. The van der Waals surface area contributed by atoms with Crippen molar-refractivity contribution in [1.82, 2.24) is 0 Å². The molecule has 0 spiro atoms. The fraction of sp³-hybridized carbons (Fsp3) is 0.290. The fourth-order valence-corrected chi connectivity index (χ4v) is 6.77. The van der Waals surface area contributed by atoms with Crippen molar-refractivity contribution in [3.05, 3.63) is 93.6 Å². The van der Waals surface area contributed by atoms with E-state index in [-0.39, 0.29) is 46.9 Å². The van der Waals surface area contributed by atoms with Crippen LogP contribution in [0.5, 0.6) is 5.75 Å². The molecule has 6 nitrogen and oxygen atoms in total. The summed E-state index contributed by atoms with van der Waals surface area (Å²) in [6.45, 7) is 1.48. The van der Waals surface area contributed by atoms with Gasteiger partial charge in [-0.1, -0.05) is 29.8 Å². The van der Waals surface area contributed by atoms with Crippen molar-refractivity contribution in [2.24, 2.45) is 17.8 Å². The standard InChI is InChI=1S/C31H21F6NO5/c1-13-8-23(40)21-12-20-17(24(26(21)27(13)41)18-4-2-3-5-22(18)39)6-7-19-25(20)29(43)38(28(19)42)16-10-14(30(32,33)34)9-15(11-16)31(35,36)37/h2-6,8-11,19-20,24-25,39H,7,12H2,1H3/t19-,20+,24+,25-/m0/s1. The van der Waals surface area contributed by atoms with Crippen LogP contribution in [-0.4, -0.2) is 28.5 Å². The smallest absolute Gasteiger partial charge is 0.416 e. The first-order valence-corrected chi connectivity index (χ1v) is 13.2. The zero-order valence-corrected chi connectivity index (χ0v) is 22.2. The summed E-state index contributed by atoms with van der Waals surface area (Å²) in [4.78, 5) is 54.3. The third-order valence-corrected chi connectivity index (χ3v) is 8.64. The molecule has 12 heteroatoms. The summed E-state index contributed by atoms with van der Waals surface area (Å²) in [5, 5.41) is 10.7. The molecule has 1 heterocycles. The first-order chi connectivity index (χ1) is 20.1. The molecule has 1 N–H and O–H groups in total. The summed E-state index contributed by atoms with van der Waals surface area (Å²) in [6, 6.07) is 6.69. The number of imide groups is 1. The highest BCUT2D eigenvalue weighted by Crippen LogP contribution is 2.56. The van der Waals surface area contributed by atoms with Crippen LogP contribution in [0.25, 0.3) is 0 Å². The maximum atomic E-state index is 13.9. The molecule has 2 aromatic rings. The number of rotatable bonds is 2. The van der Waals surface area contributed by atoms with Crippen molar-refractivity contribution < 1.29 is 50.6 Å². The van der Waals surface area contributed by atoms with Crippen LogP contribution in [0.4, 0.5) is 32.0 Å². The maximum absolute atomic E-state index is 13.9. The number of Topliss-reactive ketones (excluding diaryl/α,β-unsaturated/α-hetero) is 1. The summed E-state index contributed by atoms with van der Waals surface area (Å²) in [7, 11) is 0. The molecule has 6 rings (SSSR count). The van der Waals surface area contributed by atoms with Crippen LogP contribution in [0, 0.1) is 17.8 Å². The number of carbonyl (C=O) groups is 4. The lowest BCUT2D eigenvalue weighted by atomic mass is 9.59. The molecule has 0 unspecified atom stereocenters. The summed E-state index contributed by atoms with van der Waals surface area (Å²) in [6.07, 6.45) is -7.84. The second-order valence-corrected chi connectivity index (χ2v) is 11.1. The number of nitrogens with zero attached hydrogens (tertiary/aromatic N) is 1. The van der Waals surface area contributed by atoms with E-state index in [0.717, 1.165) is 6.08 Å². The number of phenols is 1. The first kappa shape index (κ1) is 28.6. The number of alkyl halides is 6. The number of carbonyl (C=O) groups excluding carboxylic acids is 4. The molecular weight excluding hydrogens is 580 g/mol. The zero-order chi connectivity index (χ0) is 31.2. The molecule has 4 aliphatic rings. The monoisotopic (exact) mass is 601 g/mol. The minimum absolute atomic E-state index is 0.0868. The number of para-hydroxylation sites is 1. The molecule has 0 bridgehead atoms. The highest BCUT2D eigenvalue weighted by Gasteiger charge is 2.57. The Balaban J connectivity index is 1.48. The molecule has 1 fully saturated rings. The number of hydrogen-bond acceptors (Lipinski definition) is 5. The van der Waals surface area contributed by atoms with E-state index in [4.69, 9.17) is 0 Å². The Morgan fingerprint density at radius 1 is 0.860 bits per heavy atom. The van der Waals surface area contributed by atoms with Gasteiger partial charge in [0.15, 0.2) is 11.6 Å². The topological polar surface area (TPSA) is 91.8 Å². The van der Waals surface area contributed by atoms with Crippen molar-refractivity contribution in [3.8, 4) is 5.75 Å². The van der Waals surface area contributed by atoms with E-state index in [2.05, 4.69) is 0 Å². The molecule has 1 saturated heterocycles. The minimum Gasteiger partial charge on any atom is -0.508 e. The second kappa shape index (κ2) is 9.51. The van der Waals surface area contributed by atoms with Gasteiger partial charge in [0, 0.05) is 28.2 Å². The van der Waals surface area contributed by atoms with E-state index in [1.807, 2.05) is 0 Å². The number of fused-ring (bicyclic) bond motifs is 3. The van der Waals surface area contributed by atoms with Crippen molar-refractivity contribution >= 4 is 29.1 Å².